The molecule has 0 atom stereocenters. The van der Waals surface area contributed by atoms with Gasteiger partial charge >= 0.3 is 0 Å². The van der Waals surface area contributed by atoms with Crippen LogP contribution in [0.3, 0.4) is 0 Å². The average Bonchev–Trinajstić information content (AvgIpc) is 3.36. The van der Waals surface area contributed by atoms with Gasteiger partial charge in [-0.05, 0) is 49.8 Å². The molecule has 0 saturated carbocycles. The Morgan fingerprint density at radius 2 is 2.06 bits per heavy atom. The maximum absolute atomic E-state index is 12.6. The van der Waals surface area contributed by atoms with E-state index in [2.05, 4.69) is 15.5 Å². The molecular formula is C21H20ClN5O4S2. The lowest BCUT2D eigenvalue weighted by atomic mass is 10.1. The molecule has 1 N–H and O–H groups in total. The van der Waals surface area contributed by atoms with E-state index >= 15 is 0 Å². The Morgan fingerprint density at radius 1 is 1.33 bits per heavy atom. The number of anilines is 1. The highest BCUT2D eigenvalue weighted by Crippen LogP contribution is 2.30. The van der Waals surface area contributed by atoms with Crippen LogP contribution >= 0.6 is 22.9 Å². The zero-order chi connectivity index (χ0) is 24.3. The number of aryl methyl sites for hydroxylation is 1. The molecule has 12 heteroatoms. The Morgan fingerprint density at radius 3 is 2.67 bits per heavy atom. The third-order valence-corrected chi connectivity index (χ3v) is 8.12. The molecule has 1 aromatic carbocycles. The van der Waals surface area contributed by atoms with Crippen molar-refractivity contribution in [2.75, 3.05) is 18.2 Å². The van der Waals surface area contributed by atoms with Crippen LogP contribution in [0.4, 0.5) is 5.13 Å². The minimum absolute atomic E-state index is 0.00785. The fourth-order valence-electron chi connectivity index (χ4n) is 3.10. The van der Waals surface area contributed by atoms with Crippen molar-refractivity contribution in [1.29, 1.82) is 5.26 Å². The third-order valence-electron chi connectivity index (χ3n) is 4.80. The van der Waals surface area contributed by atoms with Crippen molar-refractivity contribution in [2.24, 2.45) is 0 Å². The molecule has 2 heterocycles. The van der Waals surface area contributed by atoms with Crippen LogP contribution in [0.2, 0.25) is 5.02 Å². The highest BCUT2D eigenvalue weighted by atomic mass is 35.5. The molecule has 3 aromatic rings. The Hall–Kier alpha value is -3.20. The molecule has 0 saturated heterocycles. The third kappa shape index (κ3) is 5.08. The monoisotopic (exact) mass is 505 g/mol. The second kappa shape index (κ2) is 9.74. The molecule has 0 aliphatic heterocycles. The van der Waals surface area contributed by atoms with Crippen molar-refractivity contribution in [1.82, 2.24) is 14.8 Å². The zero-order valence-electron chi connectivity index (χ0n) is 18.2. The minimum Gasteiger partial charge on any atom is -0.495 e. The molecule has 172 valence electrons. The fourth-order valence-corrected chi connectivity index (χ4v) is 5.34. The molecule has 0 spiro atoms. The lowest BCUT2D eigenvalue weighted by molar-refractivity contribution is -0.112. The number of nitrogens with zero attached hydrogens (tertiary/aromatic N) is 4. The molecular weight excluding hydrogens is 486 g/mol. The number of carbonyl (C=O) groups excluding carboxylic acids is 1. The van der Waals surface area contributed by atoms with Gasteiger partial charge in [-0.25, -0.2) is 8.42 Å². The van der Waals surface area contributed by atoms with E-state index in [1.165, 1.54) is 20.1 Å². The van der Waals surface area contributed by atoms with Crippen LogP contribution in [0.5, 0.6) is 5.75 Å². The van der Waals surface area contributed by atoms with E-state index in [1.54, 1.807) is 12.1 Å². The summed E-state index contributed by atoms with van der Waals surface area (Å²) < 4.78 is 30.7. The molecule has 2 aromatic heterocycles. The van der Waals surface area contributed by atoms with E-state index < -0.39 is 15.7 Å². The van der Waals surface area contributed by atoms with Crippen LogP contribution < -0.4 is 10.1 Å². The first-order valence-electron chi connectivity index (χ1n) is 9.63. The van der Waals surface area contributed by atoms with Gasteiger partial charge in [0.25, 0.3) is 5.91 Å². The summed E-state index contributed by atoms with van der Waals surface area (Å²) in [4.78, 5) is 12.6. The quantitative estimate of drug-likeness (QED) is 0.292. The Bertz CT molecular complexity index is 1400. The molecule has 0 bridgehead atoms. The number of rotatable bonds is 7. The number of sulfone groups is 1. The first-order chi connectivity index (χ1) is 15.6. The van der Waals surface area contributed by atoms with E-state index in [4.69, 9.17) is 16.3 Å². The van der Waals surface area contributed by atoms with Crippen molar-refractivity contribution in [3.63, 3.8) is 0 Å². The molecule has 0 aliphatic rings. The summed E-state index contributed by atoms with van der Waals surface area (Å²) in [6.07, 6.45) is 1.46. The molecule has 1 amide bonds. The van der Waals surface area contributed by atoms with E-state index in [0.29, 0.717) is 16.3 Å². The normalized spacial score (nSPS) is 11.8. The number of benzene rings is 1. The number of carbonyl (C=O) groups is 1. The molecule has 0 unspecified atom stereocenters. The van der Waals surface area contributed by atoms with Gasteiger partial charge in [-0.3, -0.25) is 10.1 Å². The Balaban J connectivity index is 1.90. The SMILES string of the molecule is CCS(=O)(=O)c1nnc(NC(=O)/C(C#N)=C\c2cc(C)n(-c3ccc(OC)c(Cl)c3)c2C)s1. The molecule has 33 heavy (non-hydrogen) atoms. The van der Waals surface area contributed by atoms with Gasteiger partial charge in [0, 0.05) is 17.1 Å². The van der Waals surface area contributed by atoms with Gasteiger partial charge in [-0.15, -0.1) is 10.2 Å². The summed E-state index contributed by atoms with van der Waals surface area (Å²) in [5.41, 5.74) is 2.96. The summed E-state index contributed by atoms with van der Waals surface area (Å²) in [6, 6.07) is 9.10. The van der Waals surface area contributed by atoms with E-state index in [0.717, 1.165) is 28.4 Å². The minimum atomic E-state index is -3.54. The van der Waals surface area contributed by atoms with Crippen LogP contribution in [0.15, 0.2) is 34.2 Å². The Labute approximate surface area is 200 Å². The van der Waals surface area contributed by atoms with Gasteiger partial charge in [0.2, 0.25) is 19.3 Å². The number of methoxy groups -OCH3 is 1. The van der Waals surface area contributed by atoms with E-state index in [-0.39, 0.29) is 20.8 Å². The predicted octanol–water partition coefficient (Wildman–Crippen LogP) is 3.95. The van der Waals surface area contributed by atoms with Crippen molar-refractivity contribution < 1.29 is 17.9 Å². The molecule has 9 nitrogen and oxygen atoms in total. The smallest absolute Gasteiger partial charge is 0.268 e. The number of nitrogens with one attached hydrogen (secondary N) is 1. The van der Waals surface area contributed by atoms with Gasteiger partial charge in [-0.2, -0.15) is 5.26 Å². The van der Waals surface area contributed by atoms with Gasteiger partial charge in [-0.1, -0.05) is 29.9 Å². The number of hydrogen-bond acceptors (Lipinski definition) is 8. The number of halogens is 1. The summed E-state index contributed by atoms with van der Waals surface area (Å²) >= 11 is 6.99. The second-order valence-electron chi connectivity index (χ2n) is 6.88. The van der Waals surface area contributed by atoms with Crippen LogP contribution in [0.1, 0.15) is 23.9 Å². The van der Waals surface area contributed by atoms with Gasteiger partial charge < -0.3 is 9.30 Å². The Kier molecular flexibility index (Phi) is 7.22. The lowest BCUT2D eigenvalue weighted by Crippen LogP contribution is -2.13. The van der Waals surface area contributed by atoms with Crippen molar-refractivity contribution in [3.05, 3.63) is 51.8 Å². The van der Waals surface area contributed by atoms with Crippen LogP contribution in [0, 0.1) is 25.2 Å². The van der Waals surface area contributed by atoms with Crippen LogP contribution in [0.25, 0.3) is 11.8 Å². The standard InChI is InChI=1S/C21H20ClN5O4S2/c1-5-33(29,30)21-26-25-20(32-21)24-19(28)15(11-23)9-14-8-12(2)27(13(14)3)16-6-7-18(31-4)17(22)10-16/h6-10H,5H2,1-4H3,(H,24,25,28)/b15-9-. The van der Waals surface area contributed by atoms with Crippen molar-refractivity contribution in [2.45, 2.75) is 25.1 Å². The summed E-state index contributed by atoms with van der Waals surface area (Å²) in [5, 5.41) is 19.7. The predicted molar refractivity (Wildman–Crippen MR) is 127 cm³/mol. The zero-order valence-corrected chi connectivity index (χ0v) is 20.6. The highest BCUT2D eigenvalue weighted by molar-refractivity contribution is 7.93. The molecule has 0 fully saturated rings. The van der Waals surface area contributed by atoms with Crippen LogP contribution in [-0.2, 0) is 14.6 Å². The first-order valence-corrected chi connectivity index (χ1v) is 12.5. The van der Waals surface area contributed by atoms with E-state index in [9.17, 15) is 18.5 Å². The van der Waals surface area contributed by atoms with Crippen molar-refractivity contribution >= 4 is 49.9 Å². The number of amides is 1. The number of nitriles is 1. The number of aromatic nitrogens is 3. The van der Waals surface area contributed by atoms with Gasteiger partial charge in [0.1, 0.15) is 17.4 Å². The second-order valence-corrected chi connectivity index (χ2v) is 10.7. The fraction of sp³-hybridized carbons (Fsp3) is 0.238. The van der Waals surface area contributed by atoms with Crippen molar-refractivity contribution in [3.8, 4) is 17.5 Å². The maximum Gasteiger partial charge on any atom is 0.268 e. The number of ether oxygens (including phenoxy) is 1. The lowest BCUT2D eigenvalue weighted by Gasteiger charge is -2.12. The summed E-state index contributed by atoms with van der Waals surface area (Å²) in [6.45, 7) is 5.24. The largest absolute Gasteiger partial charge is 0.495 e. The highest BCUT2D eigenvalue weighted by Gasteiger charge is 2.20. The molecule has 3 rings (SSSR count). The van der Waals surface area contributed by atoms with E-state index in [1.807, 2.05) is 36.6 Å². The molecule has 0 radical (unpaired) electrons. The number of hydrogen-bond donors (Lipinski definition) is 1. The topological polar surface area (TPSA) is 127 Å². The first kappa shape index (κ1) is 24.4. The van der Waals surface area contributed by atoms with Gasteiger partial charge in [0.05, 0.1) is 17.9 Å². The average molecular weight is 506 g/mol. The summed E-state index contributed by atoms with van der Waals surface area (Å²) in [7, 11) is -2.00. The summed E-state index contributed by atoms with van der Waals surface area (Å²) in [5.74, 6) is -0.294. The van der Waals surface area contributed by atoms with Crippen LogP contribution in [-0.4, -0.2) is 42.0 Å². The van der Waals surface area contributed by atoms with Gasteiger partial charge in [0.15, 0.2) is 0 Å². The molecule has 0 aliphatic carbocycles. The maximum atomic E-state index is 12.6.